The summed E-state index contributed by atoms with van der Waals surface area (Å²) in [6.07, 6.45) is 20.9. The fourth-order valence-electron chi connectivity index (χ4n) is 11.4. The van der Waals surface area contributed by atoms with Crippen LogP contribution < -0.4 is 0 Å². The third-order valence-corrected chi connectivity index (χ3v) is 15.1. The minimum Gasteiger partial charge on any atom is -0.295 e. The molecule has 4 nitrogen and oxygen atoms in total. The van der Waals surface area contributed by atoms with E-state index in [9.17, 15) is 8.42 Å². The Morgan fingerprint density at radius 1 is 0.829 bits per heavy atom. The van der Waals surface area contributed by atoms with Crippen LogP contribution in [0.5, 0.6) is 0 Å². The molecule has 5 fully saturated rings. The molecule has 0 N–H and O–H groups in total. The van der Waals surface area contributed by atoms with Gasteiger partial charge in [0.1, 0.15) is 6.10 Å². The monoisotopic (exact) mass is 591 g/mol. The van der Waals surface area contributed by atoms with Gasteiger partial charge in [-0.25, -0.2) is 0 Å². The summed E-state index contributed by atoms with van der Waals surface area (Å²) < 4.78 is 30.5. The molecule has 0 bridgehead atoms. The SMILES string of the molecule is CCCCCCS(=O)(=O)OC1CN(C2CC[C@@]3(C)[C@@H](CC[C@@H]4[C@@H]3CC[C@]3(C)[C@@H]([C@H](C)CCCC(C)C)CC[C@@H]43)C2)C1. The normalized spacial score (nSPS) is 40.6. The molecule has 41 heavy (non-hydrogen) atoms. The Morgan fingerprint density at radius 3 is 2.29 bits per heavy atom. The lowest BCUT2D eigenvalue weighted by molar-refractivity contribution is -0.132. The van der Waals surface area contributed by atoms with Gasteiger partial charge in [-0.2, -0.15) is 8.42 Å². The molecule has 5 heteroatoms. The first kappa shape index (κ1) is 32.3. The predicted octanol–water partition coefficient (Wildman–Crippen LogP) is 9.09. The molecule has 0 spiro atoms. The third kappa shape index (κ3) is 6.77. The van der Waals surface area contributed by atoms with Gasteiger partial charge in [0.2, 0.25) is 0 Å². The minimum absolute atomic E-state index is 0.116. The number of hydrogen-bond donors (Lipinski definition) is 0. The van der Waals surface area contributed by atoms with Crippen LogP contribution in [0.3, 0.4) is 0 Å². The zero-order valence-electron chi connectivity index (χ0n) is 27.7. The Balaban J connectivity index is 1.12. The fourth-order valence-corrected chi connectivity index (χ4v) is 12.6. The fraction of sp³-hybridized carbons (Fsp3) is 1.00. The van der Waals surface area contributed by atoms with Gasteiger partial charge in [0.05, 0.1) is 5.75 Å². The number of unbranched alkanes of at least 4 members (excludes halogenated alkanes) is 3. The van der Waals surface area contributed by atoms with Crippen molar-refractivity contribution >= 4 is 10.1 Å². The summed E-state index contributed by atoms with van der Waals surface area (Å²) in [5.41, 5.74) is 1.10. The molecule has 1 saturated heterocycles. The molecule has 0 radical (unpaired) electrons. The lowest BCUT2D eigenvalue weighted by Gasteiger charge is -2.62. The summed E-state index contributed by atoms with van der Waals surface area (Å²) in [6.45, 7) is 16.5. The molecule has 5 rings (SSSR count). The van der Waals surface area contributed by atoms with Gasteiger partial charge in [0.15, 0.2) is 0 Å². The maximum absolute atomic E-state index is 12.4. The van der Waals surface area contributed by atoms with Gasteiger partial charge in [-0.1, -0.05) is 80.1 Å². The van der Waals surface area contributed by atoms with Crippen molar-refractivity contribution < 1.29 is 12.6 Å². The van der Waals surface area contributed by atoms with E-state index >= 15 is 0 Å². The van der Waals surface area contributed by atoms with Gasteiger partial charge in [-0.3, -0.25) is 9.08 Å². The van der Waals surface area contributed by atoms with Crippen LogP contribution in [0.25, 0.3) is 0 Å². The van der Waals surface area contributed by atoms with Crippen molar-refractivity contribution in [2.75, 3.05) is 18.8 Å². The summed E-state index contributed by atoms with van der Waals surface area (Å²) in [5, 5.41) is 0. The number of likely N-dealkylation sites (tertiary alicyclic amines) is 1. The highest BCUT2D eigenvalue weighted by Crippen LogP contribution is 2.68. The highest BCUT2D eigenvalue weighted by Gasteiger charge is 2.61. The lowest BCUT2D eigenvalue weighted by atomic mass is 9.44. The third-order valence-electron chi connectivity index (χ3n) is 13.8. The second-order valence-electron chi connectivity index (χ2n) is 16.6. The van der Waals surface area contributed by atoms with Crippen molar-refractivity contribution in [2.45, 2.75) is 156 Å². The van der Waals surface area contributed by atoms with E-state index in [2.05, 4.69) is 46.4 Å². The summed E-state index contributed by atoms with van der Waals surface area (Å²) in [5.74, 6) is 6.57. The summed E-state index contributed by atoms with van der Waals surface area (Å²) >= 11 is 0. The molecular formula is C36H65NO3S. The first-order valence-corrected chi connectivity index (χ1v) is 19.7. The quantitative estimate of drug-likeness (QED) is 0.158. The average Bonchev–Trinajstić information content (AvgIpc) is 3.25. The zero-order chi connectivity index (χ0) is 29.4. The van der Waals surface area contributed by atoms with Crippen molar-refractivity contribution in [3.63, 3.8) is 0 Å². The van der Waals surface area contributed by atoms with E-state index in [0.29, 0.717) is 16.9 Å². The topological polar surface area (TPSA) is 46.6 Å². The molecule has 238 valence electrons. The summed E-state index contributed by atoms with van der Waals surface area (Å²) in [4.78, 5) is 2.56. The molecular weight excluding hydrogens is 526 g/mol. The van der Waals surface area contributed by atoms with E-state index in [0.717, 1.165) is 80.2 Å². The van der Waals surface area contributed by atoms with Gasteiger partial charge in [0.25, 0.3) is 10.1 Å². The summed E-state index contributed by atoms with van der Waals surface area (Å²) in [7, 11) is -3.38. The second kappa shape index (κ2) is 13.1. The van der Waals surface area contributed by atoms with Gasteiger partial charge < -0.3 is 0 Å². The van der Waals surface area contributed by atoms with Crippen molar-refractivity contribution in [1.29, 1.82) is 0 Å². The van der Waals surface area contributed by atoms with Crippen LogP contribution in [-0.2, 0) is 14.3 Å². The van der Waals surface area contributed by atoms with E-state index in [1.165, 1.54) is 77.0 Å². The maximum Gasteiger partial charge on any atom is 0.267 e. The number of hydrogen-bond acceptors (Lipinski definition) is 4. The highest BCUT2D eigenvalue weighted by atomic mass is 32.2. The number of nitrogens with zero attached hydrogens (tertiary/aromatic N) is 1. The molecule has 4 saturated carbocycles. The van der Waals surface area contributed by atoms with Crippen LogP contribution >= 0.6 is 0 Å². The molecule has 0 amide bonds. The van der Waals surface area contributed by atoms with E-state index in [-0.39, 0.29) is 11.9 Å². The smallest absolute Gasteiger partial charge is 0.267 e. The Bertz CT molecular complexity index is 960. The number of rotatable bonds is 13. The molecule has 9 atom stereocenters. The molecule has 0 aromatic rings. The highest BCUT2D eigenvalue weighted by molar-refractivity contribution is 7.86. The molecule has 5 aliphatic rings. The first-order valence-electron chi connectivity index (χ1n) is 18.1. The Morgan fingerprint density at radius 2 is 1.56 bits per heavy atom. The Labute approximate surface area is 254 Å². The predicted molar refractivity (Wildman–Crippen MR) is 171 cm³/mol. The van der Waals surface area contributed by atoms with Gasteiger partial charge >= 0.3 is 0 Å². The molecule has 0 aromatic heterocycles. The van der Waals surface area contributed by atoms with Crippen molar-refractivity contribution in [3.05, 3.63) is 0 Å². The van der Waals surface area contributed by atoms with Crippen LogP contribution in [0.15, 0.2) is 0 Å². The van der Waals surface area contributed by atoms with Gasteiger partial charge in [0, 0.05) is 19.1 Å². The van der Waals surface area contributed by atoms with Crippen molar-refractivity contribution in [3.8, 4) is 0 Å². The number of fused-ring (bicyclic) bond motifs is 5. The van der Waals surface area contributed by atoms with Crippen molar-refractivity contribution in [2.24, 2.45) is 52.3 Å². The van der Waals surface area contributed by atoms with Crippen LogP contribution in [0, 0.1) is 52.3 Å². The Kier molecular flexibility index (Phi) is 10.3. The van der Waals surface area contributed by atoms with Crippen LogP contribution in [0.1, 0.15) is 144 Å². The lowest BCUT2D eigenvalue weighted by Crippen LogP contribution is -2.61. The molecule has 4 aliphatic carbocycles. The van der Waals surface area contributed by atoms with Gasteiger partial charge in [-0.15, -0.1) is 0 Å². The van der Waals surface area contributed by atoms with Crippen LogP contribution in [0.4, 0.5) is 0 Å². The van der Waals surface area contributed by atoms with Crippen LogP contribution in [-0.4, -0.2) is 44.3 Å². The maximum atomic E-state index is 12.4. The minimum atomic E-state index is -3.38. The zero-order valence-corrected chi connectivity index (χ0v) is 28.5. The van der Waals surface area contributed by atoms with E-state index in [4.69, 9.17) is 4.18 Å². The second-order valence-corrected chi connectivity index (χ2v) is 18.3. The average molecular weight is 592 g/mol. The van der Waals surface area contributed by atoms with E-state index < -0.39 is 10.1 Å². The van der Waals surface area contributed by atoms with E-state index in [1.54, 1.807) is 0 Å². The van der Waals surface area contributed by atoms with Gasteiger partial charge in [-0.05, 0) is 116 Å². The van der Waals surface area contributed by atoms with E-state index in [1.807, 2.05) is 0 Å². The Hall–Kier alpha value is -0.130. The summed E-state index contributed by atoms with van der Waals surface area (Å²) in [6, 6.07) is 0.633. The molecule has 1 unspecified atom stereocenters. The molecule has 0 aromatic carbocycles. The molecule has 1 heterocycles. The van der Waals surface area contributed by atoms with Crippen molar-refractivity contribution in [1.82, 2.24) is 4.90 Å². The largest absolute Gasteiger partial charge is 0.295 e. The standard InChI is InChI=1S/C36H65NO3S/c1-7-8-9-10-22-41(38,39)40-30-24-37(25-30)29-18-20-35(5)28(23-29)14-15-31-33-17-16-32(27(4)13-11-12-26(2)3)36(33,6)21-19-34(31)35/h26-34H,7-25H2,1-6H3/t27-,28+,29?,31+,32-,33+,34+,35+,36-/m1/s1. The molecule has 1 aliphatic heterocycles. The van der Waals surface area contributed by atoms with Crippen LogP contribution in [0.2, 0.25) is 0 Å². The first-order chi connectivity index (χ1) is 19.5.